The summed E-state index contributed by atoms with van der Waals surface area (Å²) in [5, 5.41) is 18.6. The molecule has 0 unspecified atom stereocenters. The standard InChI is InChI=1S/C11H13NO3/c13-9-7-12(11(15)10(9)14)6-8-4-2-1-3-5-8/h1-5,9-10,13-14H,6-7H2/t9-,10-/m1/s1. The Labute approximate surface area is 87.8 Å². The average molecular weight is 207 g/mol. The molecule has 1 saturated heterocycles. The molecule has 1 amide bonds. The van der Waals surface area contributed by atoms with Gasteiger partial charge in [-0.1, -0.05) is 30.3 Å². The minimum atomic E-state index is -1.26. The summed E-state index contributed by atoms with van der Waals surface area (Å²) in [5.74, 6) is -0.397. The lowest BCUT2D eigenvalue weighted by Gasteiger charge is -2.15. The fourth-order valence-corrected chi connectivity index (χ4v) is 1.71. The zero-order valence-electron chi connectivity index (χ0n) is 8.21. The molecule has 2 N–H and O–H groups in total. The second kappa shape index (κ2) is 4.00. The number of aliphatic hydroxyl groups is 2. The SMILES string of the molecule is O=C1[C@H](O)[C@H](O)CN1Cc1ccccc1. The Bertz CT molecular complexity index is 352. The molecule has 1 heterocycles. The van der Waals surface area contributed by atoms with Crippen LogP contribution in [0.4, 0.5) is 0 Å². The third-order valence-corrected chi connectivity index (χ3v) is 2.55. The van der Waals surface area contributed by atoms with Crippen LogP contribution in [0.1, 0.15) is 5.56 Å². The number of benzene rings is 1. The van der Waals surface area contributed by atoms with Gasteiger partial charge in [0.2, 0.25) is 0 Å². The maximum absolute atomic E-state index is 11.4. The number of amides is 1. The van der Waals surface area contributed by atoms with Gasteiger partial charge in [0.05, 0.1) is 6.54 Å². The van der Waals surface area contributed by atoms with E-state index in [2.05, 4.69) is 0 Å². The summed E-state index contributed by atoms with van der Waals surface area (Å²) in [7, 11) is 0. The van der Waals surface area contributed by atoms with E-state index >= 15 is 0 Å². The maximum atomic E-state index is 11.4. The van der Waals surface area contributed by atoms with Crippen LogP contribution in [-0.2, 0) is 11.3 Å². The van der Waals surface area contributed by atoms with E-state index in [4.69, 9.17) is 0 Å². The van der Waals surface area contributed by atoms with Crippen molar-refractivity contribution in [2.45, 2.75) is 18.8 Å². The van der Waals surface area contributed by atoms with Crippen LogP contribution in [0.5, 0.6) is 0 Å². The number of aliphatic hydroxyl groups excluding tert-OH is 2. The summed E-state index contributed by atoms with van der Waals surface area (Å²) in [6.07, 6.45) is -2.21. The first-order valence-corrected chi connectivity index (χ1v) is 4.87. The van der Waals surface area contributed by atoms with Crippen LogP contribution in [0.25, 0.3) is 0 Å². The van der Waals surface area contributed by atoms with Crippen LogP contribution in [0.15, 0.2) is 30.3 Å². The topological polar surface area (TPSA) is 60.8 Å². The highest BCUT2D eigenvalue weighted by atomic mass is 16.3. The summed E-state index contributed by atoms with van der Waals surface area (Å²) >= 11 is 0. The molecular formula is C11H13NO3. The molecule has 1 aliphatic heterocycles. The summed E-state index contributed by atoms with van der Waals surface area (Å²) < 4.78 is 0. The van der Waals surface area contributed by atoms with Crippen molar-refractivity contribution in [1.82, 2.24) is 4.90 Å². The van der Waals surface area contributed by atoms with E-state index in [1.54, 1.807) is 0 Å². The Morgan fingerprint density at radius 2 is 1.93 bits per heavy atom. The predicted molar refractivity (Wildman–Crippen MR) is 53.9 cm³/mol. The molecule has 80 valence electrons. The van der Waals surface area contributed by atoms with Gasteiger partial charge in [-0.3, -0.25) is 4.79 Å². The number of hydrogen-bond acceptors (Lipinski definition) is 3. The van der Waals surface area contributed by atoms with Crippen molar-refractivity contribution in [3.63, 3.8) is 0 Å². The van der Waals surface area contributed by atoms with E-state index in [0.29, 0.717) is 6.54 Å². The van der Waals surface area contributed by atoms with Gasteiger partial charge >= 0.3 is 0 Å². The summed E-state index contributed by atoms with van der Waals surface area (Å²) in [5.41, 5.74) is 0.993. The quantitative estimate of drug-likeness (QED) is 0.703. The Kier molecular flexibility index (Phi) is 2.70. The lowest BCUT2D eigenvalue weighted by molar-refractivity contribution is -0.136. The molecule has 2 rings (SSSR count). The van der Waals surface area contributed by atoms with Crippen molar-refractivity contribution in [3.05, 3.63) is 35.9 Å². The van der Waals surface area contributed by atoms with Crippen LogP contribution in [0.3, 0.4) is 0 Å². The molecule has 4 nitrogen and oxygen atoms in total. The fourth-order valence-electron chi connectivity index (χ4n) is 1.71. The van der Waals surface area contributed by atoms with E-state index < -0.39 is 18.1 Å². The predicted octanol–water partition coefficient (Wildman–Crippen LogP) is -0.249. The largest absolute Gasteiger partial charge is 0.388 e. The van der Waals surface area contributed by atoms with Crippen LogP contribution in [0, 0.1) is 0 Å². The van der Waals surface area contributed by atoms with E-state index in [9.17, 15) is 15.0 Å². The number of β-amino-alcohol motifs (C(OH)–C–C–N with tert-alkyl or cyclic N) is 1. The zero-order valence-corrected chi connectivity index (χ0v) is 8.21. The monoisotopic (exact) mass is 207 g/mol. The highest BCUT2D eigenvalue weighted by Crippen LogP contribution is 2.15. The van der Waals surface area contributed by atoms with E-state index in [1.807, 2.05) is 30.3 Å². The molecular weight excluding hydrogens is 194 g/mol. The summed E-state index contributed by atoms with van der Waals surface area (Å²) in [6, 6.07) is 9.50. The zero-order chi connectivity index (χ0) is 10.8. The van der Waals surface area contributed by atoms with Gasteiger partial charge in [-0.15, -0.1) is 0 Å². The minimum absolute atomic E-state index is 0.203. The second-order valence-corrected chi connectivity index (χ2v) is 3.72. The van der Waals surface area contributed by atoms with Gasteiger partial charge in [-0.2, -0.15) is 0 Å². The first-order valence-electron chi connectivity index (χ1n) is 4.87. The molecule has 0 aromatic heterocycles. The minimum Gasteiger partial charge on any atom is -0.388 e. The summed E-state index contributed by atoms with van der Waals surface area (Å²) in [4.78, 5) is 12.9. The first-order chi connectivity index (χ1) is 7.18. The van der Waals surface area contributed by atoms with Crippen LogP contribution in [-0.4, -0.2) is 39.8 Å². The number of carbonyl (C=O) groups excluding carboxylic acids is 1. The molecule has 0 bridgehead atoms. The number of carbonyl (C=O) groups is 1. The summed E-state index contributed by atoms with van der Waals surface area (Å²) in [6.45, 7) is 0.642. The Morgan fingerprint density at radius 3 is 2.47 bits per heavy atom. The van der Waals surface area contributed by atoms with Gasteiger partial charge in [0.15, 0.2) is 6.10 Å². The van der Waals surface area contributed by atoms with Gasteiger partial charge in [-0.25, -0.2) is 0 Å². The van der Waals surface area contributed by atoms with E-state index in [-0.39, 0.29) is 6.54 Å². The third kappa shape index (κ3) is 2.00. The van der Waals surface area contributed by atoms with Crippen molar-refractivity contribution in [1.29, 1.82) is 0 Å². The lowest BCUT2D eigenvalue weighted by atomic mass is 10.2. The van der Waals surface area contributed by atoms with Crippen LogP contribution < -0.4 is 0 Å². The molecule has 4 heteroatoms. The number of hydrogen-bond donors (Lipinski definition) is 2. The number of nitrogens with zero attached hydrogens (tertiary/aromatic N) is 1. The fraction of sp³-hybridized carbons (Fsp3) is 0.364. The Morgan fingerprint density at radius 1 is 1.27 bits per heavy atom. The lowest BCUT2D eigenvalue weighted by Crippen LogP contribution is -2.29. The second-order valence-electron chi connectivity index (χ2n) is 3.72. The maximum Gasteiger partial charge on any atom is 0.254 e. The highest BCUT2D eigenvalue weighted by molar-refractivity contribution is 5.83. The van der Waals surface area contributed by atoms with Gasteiger partial charge in [0.25, 0.3) is 5.91 Å². The first kappa shape index (κ1) is 10.1. The van der Waals surface area contributed by atoms with Crippen molar-refractivity contribution < 1.29 is 15.0 Å². The van der Waals surface area contributed by atoms with Crippen molar-refractivity contribution in [3.8, 4) is 0 Å². The van der Waals surface area contributed by atoms with Crippen molar-refractivity contribution >= 4 is 5.91 Å². The van der Waals surface area contributed by atoms with Crippen molar-refractivity contribution in [2.24, 2.45) is 0 Å². The number of rotatable bonds is 2. The molecule has 1 aromatic rings. The Balaban J connectivity index is 2.05. The van der Waals surface area contributed by atoms with Gasteiger partial charge < -0.3 is 15.1 Å². The molecule has 0 spiro atoms. The van der Waals surface area contributed by atoms with Gasteiger partial charge in [0, 0.05) is 6.54 Å². The van der Waals surface area contributed by atoms with Gasteiger partial charge in [-0.05, 0) is 5.56 Å². The molecule has 0 aliphatic carbocycles. The molecule has 0 saturated carbocycles. The van der Waals surface area contributed by atoms with Crippen LogP contribution >= 0.6 is 0 Å². The smallest absolute Gasteiger partial charge is 0.254 e. The third-order valence-electron chi connectivity index (χ3n) is 2.55. The normalized spacial score (nSPS) is 26.0. The van der Waals surface area contributed by atoms with Gasteiger partial charge in [0.1, 0.15) is 6.10 Å². The van der Waals surface area contributed by atoms with Crippen molar-refractivity contribution in [2.75, 3.05) is 6.54 Å². The average Bonchev–Trinajstić information content (AvgIpc) is 2.48. The molecule has 1 fully saturated rings. The molecule has 2 atom stereocenters. The number of likely N-dealkylation sites (tertiary alicyclic amines) is 1. The molecule has 1 aromatic carbocycles. The molecule has 15 heavy (non-hydrogen) atoms. The molecule has 0 radical (unpaired) electrons. The van der Waals surface area contributed by atoms with E-state index in [1.165, 1.54) is 4.90 Å². The highest BCUT2D eigenvalue weighted by Gasteiger charge is 2.37. The van der Waals surface area contributed by atoms with E-state index in [0.717, 1.165) is 5.56 Å². The molecule has 1 aliphatic rings. The Hall–Kier alpha value is -1.39. The van der Waals surface area contributed by atoms with Crippen LogP contribution in [0.2, 0.25) is 0 Å².